The van der Waals surface area contributed by atoms with E-state index in [0.717, 1.165) is 38.0 Å². The Kier molecular flexibility index (Phi) is 4.91. The highest BCUT2D eigenvalue weighted by molar-refractivity contribution is 5.27. The van der Waals surface area contributed by atoms with Crippen LogP contribution in [0.15, 0.2) is 24.3 Å². The predicted octanol–water partition coefficient (Wildman–Crippen LogP) is 1.83. The topological polar surface area (TPSA) is 55.5 Å². The normalized spacial score (nSPS) is 20.2. The van der Waals surface area contributed by atoms with Gasteiger partial charge in [-0.15, -0.1) is 0 Å². The van der Waals surface area contributed by atoms with Crippen molar-refractivity contribution in [2.45, 2.75) is 24.7 Å². The first-order valence-electron chi connectivity index (χ1n) is 6.85. The highest BCUT2D eigenvalue weighted by atomic mass is 19.1. The van der Waals surface area contributed by atoms with Gasteiger partial charge in [0.2, 0.25) is 0 Å². The fourth-order valence-electron chi connectivity index (χ4n) is 2.86. The second kappa shape index (κ2) is 6.46. The van der Waals surface area contributed by atoms with Gasteiger partial charge in [0.05, 0.1) is 6.61 Å². The number of hydrogen-bond acceptors (Lipinski definition) is 3. The minimum Gasteiger partial charge on any atom is -0.395 e. The molecule has 1 unspecified atom stereocenters. The van der Waals surface area contributed by atoms with E-state index in [0.29, 0.717) is 12.5 Å². The van der Waals surface area contributed by atoms with Gasteiger partial charge >= 0.3 is 0 Å². The van der Waals surface area contributed by atoms with Crippen molar-refractivity contribution in [2.24, 2.45) is 11.7 Å². The molecule has 1 aromatic carbocycles. The Morgan fingerprint density at radius 3 is 2.68 bits per heavy atom. The molecule has 0 bridgehead atoms. The van der Waals surface area contributed by atoms with Crippen LogP contribution in [0.3, 0.4) is 0 Å². The maximum absolute atomic E-state index is 13.4. The zero-order valence-corrected chi connectivity index (χ0v) is 11.1. The molecule has 19 heavy (non-hydrogen) atoms. The van der Waals surface area contributed by atoms with E-state index in [4.69, 9.17) is 10.5 Å². The van der Waals surface area contributed by atoms with Crippen molar-refractivity contribution in [3.63, 3.8) is 0 Å². The molecule has 106 valence electrons. The van der Waals surface area contributed by atoms with Crippen LogP contribution in [0.2, 0.25) is 0 Å². The molecule has 1 saturated heterocycles. The minimum atomic E-state index is -0.538. The monoisotopic (exact) mass is 267 g/mol. The van der Waals surface area contributed by atoms with Crippen LogP contribution in [0.5, 0.6) is 0 Å². The van der Waals surface area contributed by atoms with Crippen molar-refractivity contribution in [3.05, 3.63) is 35.6 Å². The Hall–Kier alpha value is -0.970. The third-order valence-corrected chi connectivity index (χ3v) is 4.15. The number of aliphatic hydroxyl groups excluding tert-OH is 1. The van der Waals surface area contributed by atoms with Gasteiger partial charge in [-0.2, -0.15) is 0 Å². The lowest BCUT2D eigenvalue weighted by molar-refractivity contribution is 0.0493. The Bertz CT molecular complexity index is 401. The molecule has 4 heteroatoms. The predicted molar refractivity (Wildman–Crippen MR) is 72.4 cm³/mol. The van der Waals surface area contributed by atoms with Crippen molar-refractivity contribution < 1.29 is 14.2 Å². The molecular formula is C15H22FNO2. The van der Waals surface area contributed by atoms with Gasteiger partial charge in [0.1, 0.15) is 5.82 Å². The minimum absolute atomic E-state index is 0.0513. The van der Waals surface area contributed by atoms with Crippen LogP contribution >= 0.6 is 0 Å². The van der Waals surface area contributed by atoms with Gasteiger partial charge in [0.15, 0.2) is 0 Å². The van der Waals surface area contributed by atoms with E-state index in [1.807, 2.05) is 6.07 Å². The molecule has 0 saturated carbocycles. The highest BCUT2D eigenvalue weighted by Crippen LogP contribution is 2.34. The number of hydrogen-bond donors (Lipinski definition) is 2. The zero-order chi connectivity index (χ0) is 13.7. The molecule has 0 aromatic heterocycles. The second-order valence-electron chi connectivity index (χ2n) is 5.41. The standard InChI is InChI=1S/C15H22FNO2/c16-14-3-1-2-13(8-14)15(10-17,11-18)9-12-4-6-19-7-5-12/h1-3,8,12,18H,4-7,9-11,17H2. The fraction of sp³-hybridized carbons (Fsp3) is 0.600. The quantitative estimate of drug-likeness (QED) is 0.855. The Labute approximate surface area is 113 Å². The smallest absolute Gasteiger partial charge is 0.123 e. The summed E-state index contributed by atoms with van der Waals surface area (Å²) < 4.78 is 18.8. The molecule has 0 aliphatic carbocycles. The van der Waals surface area contributed by atoms with Crippen molar-refractivity contribution in [1.82, 2.24) is 0 Å². The fourth-order valence-corrected chi connectivity index (χ4v) is 2.86. The van der Waals surface area contributed by atoms with Gasteiger partial charge in [-0.1, -0.05) is 12.1 Å². The summed E-state index contributed by atoms with van der Waals surface area (Å²) in [5.74, 6) is 0.198. The first-order chi connectivity index (χ1) is 9.20. The molecule has 2 rings (SSSR count). The van der Waals surface area contributed by atoms with E-state index in [-0.39, 0.29) is 12.4 Å². The van der Waals surface area contributed by atoms with Gasteiger partial charge in [-0.05, 0) is 42.9 Å². The molecule has 1 heterocycles. The lowest BCUT2D eigenvalue weighted by Gasteiger charge is -2.36. The van der Waals surface area contributed by atoms with Gasteiger partial charge < -0.3 is 15.6 Å². The number of rotatable bonds is 5. The van der Waals surface area contributed by atoms with Crippen LogP contribution < -0.4 is 5.73 Å². The molecule has 1 aliphatic heterocycles. The number of halogens is 1. The summed E-state index contributed by atoms with van der Waals surface area (Å²) in [7, 11) is 0. The van der Waals surface area contributed by atoms with Gasteiger partial charge in [-0.3, -0.25) is 0 Å². The average molecular weight is 267 g/mol. The highest BCUT2D eigenvalue weighted by Gasteiger charge is 2.34. The second-order valence-corrected chi connectivity index (χ2v) is 5.41. The molecule has 1 atom stereocenters. The van der Waals surface area contributed by atoms with Crippen LogP contribution in [0.25, 0.3) is 0 Å². The Balaban J connectivity index is 2.20. The van der Waals surface area contributed by atoms with Gasteiger partial charge in [0, 0.05) is 25.2 Å². The van der Waals surface area contributed by atoms with E-state index in [2.05, 4.69) is 0 Å². The number of benzene rings is 1. The van der Waals surface area contributed by atoms with Crippen molar-refractivity contribution in [1.29, 1.82) is 0 Å². The summed E-state index contributed by atoms with van der Waals surface area (Å²) in [5, 5.41) is 9.82. The van der Waals surface area contributed by atoms with Crippen LogP contribution in [-0.4, -0.2) is 31.5 Å². The lowest BCUT2D eigenvalue weighted by Crippen LogP contribution is -2.41. The molecule has 0 amide bonds. The van der Waals surface area contributed by atoms with E-state index in [1.54, 1.807) is 6.07 Å². The van der Waals surface area contributed by atoms with Gasteiger partial charge in [-0.25, -0.2) is 4.39 Å². The van der Waals surface area contributed by atoms with Crippen LogP contribution in [0.4, 0.5) is 4.39 Å². The SMILES string of the molecule is NCC(CO)(CC1CCOCC1)c1cccc(F)c1. The number of ether oxygens (including phenoxy) is 1. The van der Waals surface area contributed by atoms with Gasteiger partial charge in [0.25, 0.3) is 0 Å². The molecule has 1 fully saturated rings. The molecule has 3 nitrogen and oxygen atoms in total. The van der Waals surface area contributed by atoms with Crippen LogP contribution in [-0.2, 0) is 10.2 Å². The van der Waals surface area contributed by atoms with E-state index >= 15 is 0 Å². The van der Waals surface area contributed by atoms with E-state index < -0.39 is 5.41 Å². The lowest BCUT2D eigenvalue weighted by atomic mass is 9.72. The number of nitrogens with two attached hydrogens (primary N) is 1. The molecule has 0 spiro atoms. The maximum atomic E-state index is 13.4. The van der Waals surface area contributed by atoms with E-state index in [9.17, 15) is 9.50 Å². The zero-order valence-electron chi connectivity index (χ0n) is 11.1. The summed E-state index contributed by atoms with van der Waals surface area (Å²) in [4.78, 5) is 0. The van der Waals surface area contributed by atoms with Crippen molar-refractivity contribution in [3.8, 4) is 0 Å². The third kappa shape index (κ3) is 3.32. The van der Waals surface area contributed by atoms with Crippen LogP contribution in [0.1, 0.15) is 24.8 Å². The maximum Gasteiger partial charge on any atom is 0.123 e. The van der Waals surface area contributed by atoms with Crippen molar-refractivity contribution >= 4 is 0 Å². The Morgan fingerprint density at radius 1 is 1.37 bits per heavy atom. The number of aliphatic hydroxyl groups is 1. The molecule has 1 aliphatic rings. The third-order valence-electron chi connectivity index (χ3n) is 4.15. The average Bonchev–Trinajstić information content (AvgIpc) is 2.46. The summed E-state index contributed by atoms with van der Waals surface area (Å²) >= 11 is 0. The molecule has 0 radical (unpaired) electrons. The largest absolute Gasteiger partial charge is 0.395 e. The summed E-state index contributed by atoms with van der Waals surface area (Å²) in [5.41, 5.74) is 6.16. The van der Waals surface area contributed by atoms with Crippen LogP contribution in [0, 0.1) is 11.7 Å². The molecule has 3 N–H and O–H groups in total. The summed E-state index contributed by atoms with van der Waals surface area (Å²) in [6.07, 6.45) is 2.75. The first kappa shape index (κ1) is 14.4. The van der Waals surface area contributed by atoms with Crippen molar-refractivity contribution in [2.75, 3.05) is 26.4 Å². The molecular weight excluding hydrogens is 245 g/mol. The summed E-state index contributed by atoms with van der Waals surface area (Å²) in [6, 6.07) is 6.43. The van der Waals surface area contributed by atoms with E-state index in [1.165, 1.54) is 12.1 Å². The Morgan fingerprint density at radius 2 is 2.11 bits per heavy atom. The summed E-state index contributed by atoms with van der Waals surface area (Å²) in [6.45, 7) is 1.80. The first-order valence-corrected chi connectivity index (χ1v) is 6.85. The molecule has 1 aromatic rings.